The fourth-order valence-corrected chi connectivity index (χ4v) is 2.03. The van der Waals surface area contributed by atoms with Gasteiger partial charge in [0.15, 0.2) is 0 Å². The minimum Gasteiger partial charge on any atom is -0.374 e. The molecule has 0 saturated heterocycles. The fraction of sp³-hybridized carbons (Fsp3) is 0.300. The lowest BCUT2D eigenvalue weighted by Gasteiger charge is -2.18. The van der Waals surface area contributed by atoms with Gasteiger partial charge >= 0.3 is 0 Å². The smallest absolute Gasteiger partial charge is 0.150 e. The van der Waals surface area contributed by atoms with Crippen LogP contribution in [0, 0.1) is 3.57 Å². The third-order valence-corrected chi connectivity index (χ3v) is 2.86. The number of nitrogens with zero attached hydrogens (tertiary/aromatic N) is 1. The van der Waals surface area contributed by atoms with Crippen molar-refractivity contribution in [3.05, 3.63) is 27.3 Å². The predicted octanol–water partition coefficient (Wildman–Crippen LogP) is 2.56. The van der Waals surface area contributed by atoms with Crippen molar-refractivity contribution in [1.82, 2.24) is 0 Å². The average molecular weight is 289 g/mol. The molecule has 1 aromatic rings. The summed E-state index contributed by atoms with van der Waals surface area (Å²) in [5, 5.41) is 0. The highest BCUT2D eigenvalue weighted by atomic mass is 127. The average Bonchev–Trinajstić information content (AvgIpc) is 2.16. The number of anilines is 1. The van der Waals surface area contributed by atoms with E-state index >= 15 is 0 Å². The predicted molar refractivity (Wildman–Crippen MR) is 63.5 cm³/mol. The molecule has 0 aliphatic carbocycles. The van der Waals surface area contributed by atoms with Crippen molar-refractivity contribution in [3.63, 3.8) is 0 Å². The number of carbonyl (C=O) groups excluding carboxylic acids is 1. The minimum atomic E-state index is 0.734. The monoisotopic (exact) mass is 289 g/mol. The highest BCUT2D eigenvalue weighted by Crippen LogP contribution is 2.21. The second-order valence-electron chi connectivity index (χ2n) is 2.84. The van der Waals surface area contributed by atoms with Crippen LogP contribution in [0.5, 0.6) is 0 Å². The van der Waals surface area contributed by atoms with Gasteiger partial charge in [0.05, 0.1) is 0 Å². The summed E-state index contributed by atoms with van der Waals surface area (Å²) < 4.78 is 1.12. The maximum absolute atomic E-state index is 10.5. The molecule has 0 amide bonds. The molecule has 2 nitrogen and oxygen atoms in total. The van der Waals surface area contributed by atoms with E-state index in [1.807, 2.05) is 25.2 Å². The first-order valence-electron chi connectivity index (χ1n) is 4.15. The molecule has 0 unspecified atom stereocenters. The van der Waals surface area contributed by atoms with E-state index < -0.39 is 0 Å². The highest BCUT2D eigenvalue weighted by molar-refractivity contribution is 14.1. The van der Waals surface area contributed by atoms with Gasteiger partial charge in [0.2, 0.25) is 0 Å². The lowest BCUT2D eigenvalue weighted by molar-refractivity contribution is 0.112. The Hall–Kier alpha value is -0.580. The SMILES string of the molecule is CCN(C)c1ccc(C=O)cc1I. The number of hydrogen-bond acceptors (Lipinski definition) is 2. The number of hydrogen-bond donors (Lipinski definition) is 0. The van der Waals surface area contributed by atoms with Gasteiger partial charge in [0.25, 0.3) is 0 Å². The van der Waals surface area contributed by atoms with Crippen molar-refractivity contribution >= 4 is 34.6 Å². The van der Waals surface area contributed by atoms with E-state index in [1.165, 1.54) is 5.69 Å². The van der Waals surface area contributed by atoms with E-state index in [-0.39, 0.29) is 0 Å². The fourth-order valence-electron chi connectivity index (χ4n) is 1.08. The number of carbonyl (C=O) groups is 1. The van der Waals surface area contributed by atoms with Gasteiger partial charge in [-0.2, -0.15) is 0 Å². The third-order valence-electron chi connectivity index (χ3n) is 1.99. The van der Waals surface area contributed by atoms with Gasteiger partial charge < -0.3 is 4.90 Å². The van der Waals surface area contributed by atoms with Crippen LogP contribution >= 0.6 is 22.6 Å². The van der Waals surface area contributed by atoms with Crippen molar-refractivity contribution in [1.29, 1.82) is 0 Å². The second kappa shape index (κ2) is 4.60. The summed E-state index contributed by atoms with van der Waals surface area (Å²) in [4.78, 5) is 12.6. The molecule has 0 spiro atoms. The Morgan fingerprint density at radius 2 is 2.23 bits per heavy atom. The Kier molecular flexibility index (Phi) is 3.71. The van der Waals surface area contributed by atoms with Crippen molar-refractivity contribution in [2.75, 3.05) is 18.5 Å². The second-order valence-corrected chi connectivity index (χ2v) is 4.01. The lowest BCUT2D eigenvalue weighted by Crippen LogP contribution is -2.16. The number of rotatable bonds is 3. The number of benzene rings is 1. The topological polar surface area (TPSA) is 20.3 Å². The molecule has 1 aromatic carbocycles. The zero-order valence-electron chi connectivity index (χ0n) is 7.75. The normalized spacial score (nSPS) is 9.77. The van der Waals surface area contributed by atoms with Gasteiger partial charge in [-0.1, -0.05) is 0 Å². The van der Waals surface area contributed by atoms with Gasteiger partial charge in [-0.05, 0) is 47.7 Å². The molecule has 0 aliphatic rings. The molecule has 0 N–H and O–H groups in total. The third kappa shape index (κ3) is 2.43. The van der Waals surface area contributed by atoms with Gasteiger partial charge in [-0.15, -0.1) is 0 Å². The van der Waals surface area contributed by atoms with E-state index in [0.717, 1.165) is 22.0 Å². The molecule has 0 fully saturated rings. The first-order valence-corrected chi connectivity index (χ1v) is 5.22. The van der Waals surface area contributed by atoms with Crippen LogP contribution in [0.15, 0.2) is 18.2 Å². The Labute approximate surface area is 92.1 Å². The van der Waals surface area contributed by atoms with Gasteiger partial charge in [0.1, 0.15) is 6.29 Å². The maximum Gasteiger partial charge on any atom is 0.150 e. The summed E-state index contributed by atoms with van der Waals surface area (Å²) in [6.07, 6.45) is 0.873. The van der Waals surface area contributed by atoms with Crippen LogP contribution in [0.2, 0.25) is 0 Å². The molecule has 0 atom stereocenters. The minimum absolute atomic E-state index is 0.734. The standard InChI is InChI=1S/C10H12INO/c1-3-12(2)10-5-4-8(7-13)6-9(10)11/h4-7H,3H2,1-2H3. The van der Waals surface area contributed by atoms with Gasteiger partial charge in [0, 0.05) is 28.4 Å². The van der Waals surface area contributed by atoms with Gasteiger partial charge in [-0.25, -0.2) is 0 Å². The Balaban J connectivity index is 3.04. The van der Waals surface area contributed by atoms with Crippen molar-refractivity contribution in [3.8, 4) is 0 Å². The molecule has 0 radical (unpaired) electrons. The molecule has 70 valence electrons. The van der Waals surface area contributed by atoms with E-state index in [4.69, 9.17) is 0 Å². The van der Waals surface area contributed by atoms with Crippen LogP contribution in [-0.2, 0) is 0 Å². The summed E-state index contributed by atoms with van der Waals surface area (Å²) in [5.41, 5.74) is 1.91. The highest BCUT2D eigenvalue weighted by Gasteiger charge is 2.03. The number of halogens is 1. The lowest BCUT2D eigenvalue weighted by atomic mass is 10.2. The number of aldehydes is 1. The summed E-state index contributed by atoms with van der Waals surface area (Å²) in [7, 11) is 2.04. The molecular weight excluding hydrogens is 277 g/mol. The Morgan fingerprint density at radius 3 is 2.69 bits per heavy atom. The molecule has 0 aromatic heterocycles. The Morgan fingerprint density at radius 1 is 1.54 bits per heavy atom. The van der Waals surface area contributed by atoms with E-state index in [9.17, 15) is 4.79 Å². The zero-order valence-corrected chi connectivity index (χ0v) is 9.91. The summed E-state index contributed by atoms with van der Waals surface area (Å²) >= 11 is 2.25. The largest absolute Gasteiger partial charge is 0.374 e. The van der Waals surface area contributed by atoms with Crippen LogP contribution in [0.25, 0.3) is 0 Å². The van der Waals surface area contributed by atoms with E-state index in [1.54, 1.807) is 0 Å². The first kappa shape index (κ1) is 10.5. The molecule has 0 saturated carbocycles. The van der Waals surface area contributed by atoms with Crippen LogP contribution < -0.4 is 4.90 Å². The van der Waals surface area contributed by atoms with Crippen LogP contribution in [0.3, 0.4) is 0 Å². The quantitative estimate of drug-likeness (QED) is 0.629. The first-order chi connectivity index (χ1) is 6.19. The molecule has 13 heavy (non-hydrogen) atoms. The maximum atomic E-state index is 10.5. The molecule has 0 aliphatic heterocycles. The zero-order chi connectivity index (χ0) is 9.84. The Bertz CT molecular complexity index is 312. The van der Waals surface area contributed by atoms with Crippen molar-refractivity contribution in [2.45, 2.75) is 6.92 Å². The van der Waals surface area contributed by atoms with Crippen LogP contribution in [-0.4, -0.2) is 19.9 Å². The van der Waals surface area contributed by atoms with Crippen molar-refractivity contribution < 1.29 is 4.79 Å². The van der Waals surface area contributed by atoms with E-state index in [0.29, 0.717) is 0 Å². The molecule has 0 bridgehead atoms. The molecular formula is C10H12INO. The molecule has 3 heteroatoms. The molecule has 1 rings (SSSR count). The summed E-state index contributed by atoms with van der Waals surface area (Å²) in [6.45, 7) is 3.07. The van der Waals surface area contributed by atoms with Gasteiger partial charge in [-0.3, -0.25) is 4.79 Å². The summed E-state index contributed by atoms with van der Waals surface area (Å²) in [5.74, 6) is 0. The summed E-state index contributed by atoms with van der Waals surface area (Å²) in [6, 6.07) is 5.72. The van der Waals surface area contributed by atoms with E-state index in [2.05, 4.69) is 34.4 Å². The van der Waals surface area contributed by atoms with Crippen LogP contribution in [0.1, 0.15) is 17.3 Å². The van der Waals surface area contributed by atoms with Crippen molar-refractivity contribution in [2.24, 2.45) is 0 Å². The van der Waals surface area contributed by atoms with Crippen LogP contribution in [0.4, 0.5) is 5.69 Å². The molecule has 0 heterocycles.